The van der Waals surface area contributed by atoms with Gasteiger partial charge < -0.3 is 10.2 Å². The zero-order chi connectivity index (χ0) is 20.9. The number of piperidine rings is 1. The van der Waals surface area contributed by atoms with E-state index >= 15 is 0 Å². The number of benzene rings is 2. The number of likely N-dealkylation sites (tertiary alicyclic amines) is 1. The number of hydrogen-bond donors (Lipinski definition) is 1. The van der Waals surface area contributed by atoms with Crippen LogP contribution in [-0.4, -0.2) is 35.8 Å². The SMILES string of the molecule is O=C(NCCc1ccc(C(F)(F)F)cc1)[C@H]1CCCCN1C(=O)c1ccccc1. The molecule has 1 aliphatic heterocycles. The third-order valence-corrected chi connectivity index (χ3v) is 5.08. The molecule has 1 fully saturated rings. The first-order valence-electron chi connectivity index (χ1n) is 9.66. The predicted molar refractivity (Wildman–Crippen MR) is 103 cm³/mol. The third-order valence-electron chi connectivity index (χ3n) is 5.08. The molecular formula is C22H23F3N2O2. The zero-order valence-corrected chi connectivity index (χ0v) is 15.9. The van der Waals surface area contributed by atoms with Gasteiger partial charge in [0.2, 0.25) is 5.91 Å². The maximum absolute atomic E-state index is 12.8. The molecule has 1 saturated heterocycles. The number of carbonyl (C=O) groups excluding carboxylic acids is 2. The van der Waals surface area contributed by atoms with Crippen molar-refractivity contribution in [2.75, 3.05) is 13.1 Å². The van der Waals surface area contributed by atoms with Crippen LogP contribution >= 0.6 is 0 Å². The molecule has 2 amide bonds. The standard InChI is InChI=1S/C22H23F3N2O2/c23-22(24,25)18-11-9-16(10-12-18)13-14-26-20(28)19-8-4-5-15-27(19)21(29)17-6-2-1-3-7-17/h1-3,6-7,9-12,19H,4-5,8,13-15H2,(H,26,28)/t19-/m1/s1. The molecule has 1 aliphatic rings. The number of nitrogens with one attached hydrogen (secondary N) is 1. The summed E-state index contributed by atoms with van der Waals surface area (Å²) in [5.74, 6) is -0.380. The second-order valence-corrected chi connectivity index (χ2v) is 7.11. The monoisotopic (exact) mass is 404 g/mol. The van der Waals surface area contributed by atoms with Gasteiger partial charge >= 0.3 is 6.18 Å². The van der Waals surface area contributed by atoms with Crippen LogP contribution in [0.3, 0.4) is 0 Å². The summed E-state index contributed by atoms with van der Waals surface area (Å²) >= 11 is 0. The van der Waals surface area contributed by atoms with Crippen LogP contribution in [0.4, 0.5) is 13.2 Å². The summed E-state index contributed by atoms with van der Waals surface area (Å²) in [5.41, 5.74) is 0.568. The first-order valence-corrected chi connectivity index (χ1v) is 9.66. The normalized spacial score (nSPS) is 17.1. The highest BCUT2D eigenvalue weighted by atomic mass is 19.4. The van der Waals surface area contributed by atoms with Crippen LogP contribution in [-0.2, 0) is 17.4 Å². The van der Waals surface area contributed by atoms with Crippen molar-refractivity contribution in [3.05, 3.63) is 71.3 Å². The first kappa shape index (κ1) is 20.9. The molecule has 1 atom stereocenters. The van der Waals surface area contributed by atoms with Crippen molar-refractivity contribution in [1.29, 1.82) is 0 Å². The summed E-state index contributed by atoms with van der Waals surface area (Å²) in [6, 6.07) is 13.3. The molecule has 0 aromatic heterocycles. The molecule has 1 heterocycles. The van der Waals surface area contributed by atoms with Gasteiger partial charge in [0, 0.05) is 18.7 Å². The molecular weight excluding hydrogens is 381 g/mol. The van der Waals surface area contributed by atoms with E-state index in [0.717, 1.165) is 25.0 Å². The molecule has 2 aromatic carbocycles. The predicted octanol–water partition coefficient (Wildman–Crippen LogP) is 4.06. The highest BCUT2D eigenvalue weighted by Gasteiger charge is 2.32. The van der Waals surface area contributed by atoms with Gasteiger partial charge in [-0.15, -0.1) is 0 Å². The smallest absolute Gasteiger partial charge is 0.354 e. The Labute approximate surface area is 167 Å². The lowest BCUT2D eigenvalue weighted by atomic mass is 10.00. The Balaban J connectivity index is 1.56. The maximum atomic E-state index is 12.8. The fourth-order valence-corrected chi connectivity index (χ4v) is 3.50. The van der Waals surface area contributed by atoms with E-state index in [1.165, 1.54) is 12.1 Å². The lowest BCUT2D eigenvalue weighted by molar-refractivity contribution is -0.137. The zero-order valence-electron chi connectivity index (χ0n) is 15.9. The van der Waals surface area contributed by atoms with Gasteiger partial charge in [0.25, 0.3) is 5.91 Å². The van der Waals surface area contributed by atoms with Crippen LogP contribution in [0.5, 0.6) is 0 Å². The van der Waals surface area contributed by atoms with Gasteiger partial charge in [-0.25, -0.2) is 0 Å². The minimum atomic E-state index is -4.36. The van der Waals surface area contributed by atoms with Gasteiger partial charge in [0.1, 0.15) is 6.04 Å². The van der Waals surface area contributed by atoms with E-state index in [9.17, 15) is 22.8 Å². The molecule has 0 aliphatic carbocycles. The van der Waals surface area contributed by atoms with Crippen LogP contribution in [0, 0.1) is 0 Å². The molecule has 2 aromatic rings. The van der Waals surface area contributed by atoms with E-state index in [2.05, 4.69) is 5.32 Å². The Kier molecular flexibility index (Phi) is 6.56. The van der Waals surface area contributed by atoms with Gasteiger partial charge in [-0.3, -0.25) is 9.59 Å². The third kappa shape index (κ3) is 5.37. The number of amides is 2. The summed E-state index contributed by atoms with van der Waals surface area (Å²) in [6.45, 7) is 0.832. The Morgan fingerprint density at radius 2 is 1.69 bits per heavy atom. The van der Waals surface area contributed by atoms with E-state index < -0.39 is 17.8 Å². The number of nitrogens with zero attached hydrogens (tertiary/aromatic N) is 1. The fraction of sp³-hybridized carbons (Fsp3) is 0.364. The average molecular weight is 404 g/mol. The molecule has 0 unspecified atom stereocenters. The first-order chi connectivity index (χ1) is 13.9. The number of rotatable bonds is 5. The minimum Gasteiger partial charge on any atom is -0.354 e. The Hall–Kier alpha value is -2.83. The number of halogens is 3. The Morgan fingerprint density at radius 1 is 1.00 bits per heavy atom. The molecule has 0 radical (unpaired) electrons. The lowest BCUT2D eigenvalue weighted by Gasteiger charge is -2.34. The summed E-state index contributed by atoms with van der Waals surface area (Å²) in [5, 5.41) is 2.83. The maximum Gasteiger partial charge on any atom is 0.416 e. The van der Waals surface area contributed by atoms with Crippen LogP contribution in [0.1, 0.15) is 40.7 Å². The van der Waals surface area contributed by atoms with E-state index in [1.54, 1.807) is 29.2 Å². The van der Waals surface area contributed by atoms with Crippen molar-refractivity contribution < 1.29 is 22.8 Å². The fourth-order valence-electron chi connectivity index (χ4n) is 3.50. The molecule has 0 spiro atoms. The Morgan fingerprint density at radius 3 is 2.34 bits per heavy atom. The quantitative estimate of drug-likeness (QED) is 0.817. The summed E-state index contributed by atoms with van der Waals surface area (Å²) < 4.78 is 37.9. The van der Waals surface area contributed by atoms with Gasteiger partial charge in [-0.05, 0) is 55.5 Å². The molecule has 0 saturated carbocycles. The lowest BCUT2D eigenvalue weighted by Crippen LogP contribution is -2.52. The van der Waals surface area contributed by atoms with Crippen LogP contribution < -0.4 is 5.32 Å². The van der Waals surface area contributed by atoms with Crippen molar-refractivity contribution in [3.8, 4) is 0 Å². The topological polar surface area (TPSA) is 49.4 Å². The second kappa shape index (κ2) is 9.11. The van der Waals surface area contributed by atoms with Crippen molar-refractivity contribution in [1.82, 2.24) is 10.2 Å². The van der Waals surface area contributed by atoms with Crippen molar-refractivity contribution in [3.63, 3.8) is 0 Å². The van der Waals surface area contributed by atoms with Crippen LogP contribution in [0.2, 0.25) is 0 Å². The van der Waals surface area contributed by atoms with Crippen molar-refractivity contribution >= 4 is 11.8 Å². The number of alkyl halides is 3. The van der Waals surface area contributed by atoms with Crippen molar-refractivity contribution in [2.24, 2.45) is 0 Å². The van der Waals surface area contributed by atoms with E-state index in [-0.39, 0.29) is 11.8 Å². The minimum absolute atomic E-state index is 0.159. The van der Waals surface area contributed by atoms with E-state index in [0.29, 0.717) is 37.1 Å². The van der Waals surface area contributed by atoms with Gasteiger partial charge in [-0.2, -0.15) is 13.2 Å². The average Bonchev–Trinajstić information content (AvgIpc) is 2.73. The van der Waals surface area contributed by atoms with E-state index in [4.69, 9.17) is 0 Å². The molecule has 0 bridgehead atoms. The molecule has 29 heavy (non-hydrogen) atoms. The van der Waals surface area contributed by atoms with E-state index in [1.807, 2.05) is 6.07 Å². The molecule has 3 rings (SSSR count). The van der Waals surface area contributed by atoms with Gasteiger partial charge in [0.05, 0.1) is 5.56 Å². The van der Waals surface area contributed by atoms with Gasteiger partial charge in [-0.1, -0.05) is 30.3 Å². The van der Waals surface area contributed by atoms with Crippen LogP contribution in [0.15, 0.2) is 54.6 Å². The molecule has 1 N–H and O–H groups in total. The number of hydrogen-bond acceptors (Lipinski definition) is 2. The summed E-state index contributed by atoms with van der Waals surface area (Å²) in [4.78, 5) is 27.1. The summed E-state index contributed by atoms with van der Waals surface area (Å²) in [7, 11) is 0. The molecule has 7 heteroatoms. The van der Waals surface area contributed by atoms with Crippen LogP contribution in [0.25, 0.3) is 0 Å². The highest BCUT2D eigenvalue weighted by Crippen LogP contribution is 2.29. The van der Waals surface area contributed by atoms with Crippen molar-refractivity contribution in [2.45, 2.75) is 37.9 Å². The summed E-state index contributed by atoms with van der Waals surface area (Å²) in [6.07, 6.45) is -1.61. The largest absolute Gasteiger partial charge is 0.416 e. The molecule has 154 valence electrons. The molecule has 4 nitrogen and oxygen atoms in total. The number of carbonyl (C=O) groups is 2. The second-order valence-electron chi connectivity index (χ2n) is 7.11. The van der Waals surface area contributed by atoms with Gasteiger partial charge in [0.15, 0.2) is 0 Å². The Bertz CT molecular complexity index is 835. The highest BCUT2D eigenvalue weighted by molar-refractivity contribution is 5.97.